The van der Waals surface area contributed by atoms with Crippen LogP contribution in [0.25, 0.3) is 65.9 Å². The molecular weight excluding hydrogens is 644 g/mol. The first-order valence-electron chi connectivity index (χ1n) is 17.9. The maximum atomic E-state index is 15.4. The third kappa shape index (κ3) is 3.05. The minimum absolute atomic E-state index is 0.212. The van der Waals surface area contributed by atoms with E-state index in [1.54, 1.807) is 24.3 Å². The lowest BCUT2D eigenvalue weighted by Crippen LogP contribution is -2.55. The Bertz CT molecular complexity index is 2970. The highest BCUT2D eigenvalue weighted by Crippen LogP contribution is 2.52. The van der Waals surface area contributed by atoms with Crippen molar-refractivity contribution in [2.45, 2.75) is 13.8 Å². The molecule has 52 heavy (non-hydrogen) atoms. The molecule has 0 atom stereocenters. The minimum atomic E-state index is -0.269. The summed E-state index contributed by atoms with van der Waals surface area (Å²) in [7, 11) is 0. The van der Waals surface area contributed by atoms with Crippen LogP contribution in [0.4, 0.5) is 31.5 Å². The van der Waals surface area contributed by atoms with Gasteiger partial charge in [0.05, 0.1) is 22.4 Å². The molecule has 0 saturated carbocycles. The van der Waals surface area contributed by atoms with Gasteiger partial charge in [-0.3, -0.25) is 0 Å². The molecule has 6 heterocycles. The summed E-state index contributed by atoms with van der Waals surface area (Å²) < 4.78 is 35.8. The molecule has 8 heteroatoms. The van der Waals surface area contributed by atoms with Crippen molar-refractivity contribution in [1.29, 1.82) is 0 Å². The number of hydrogen-bond acceptors (Lipinski definition) is 2. The molecular formula is C44H26B2F2N4. The normalized spacial score (nSPS) is 14.4. The highest BCUT2D eigenvalue weighted by molar-refractivity contribution is 6.85. The number of rotatable bonds is 0. The average Bonchev–Trinajstić information content (AvgIpc) is 3.88. The summed E-state index contributed by atoms with van der Waals surface area (Å²) in [6.07, 6.45) is 0. The van der Waals surface area contributed by atoms with E-state index in [-0.39, 0.29) is 25.6 Å². The molecule has 7 aromatic carbocycles. The monoisotopic (exact) mass is 670 g/mol. The molecule has 0 unspecified atom stereocenters. The number of benzene rings is 7. The molecule has 13 rings (SSSR count). The van der Waals surface area contributed by atoms with Crippen LogP contribution < -0.4 is 20.5 Å². The van der Waals surface area contributed by atoms with Crippen LogP contribution in [0.5, 0.6) is 0 Å². The number of halogens is 2. The molecule has 0 fully saturated rings. The van der Waals surface area contributed by atoms with Crippen molar-refractivity contribution in [2.24, 2.45) is 0 Å². The van der Waals surface area contributed by atoms with Gasteiger partial charge in [0.2, 0.25) is 0 Å². The molecule has 0 aliphatic carbocycles. The van der Waals surface area contributed by atoms with Crippen molar-refractivity contribution < 1.29 is 8.78 Å². The second-order valence-corrected chi connectivity index (χ2v) is 15.0. The van der Waals surface area contributed by atoms with E-state index in [0.29, 0.717) is 0 Å². The molecule has 9 aromatic rings. The van der Waals surface area contributed by atoms with Gasteiger partial charge in [0.25, 0.3) is 0 Å². The number of para-hydroxylation sites is 2. The molecule has 0 spiro atoms. The number of aromatic nitrogens is 2. The van der Waals surface area contributed by atoms with Gasteiger partial charge in [-0.1, -0.05) is 59.7 Å². The summed E-state index contributed by atoms with van der Waals surface area (Å²) >= 11 is 0. The van der Waals surface area contributed by atoms with Crippen LogP contribution in [-0.4, -0.2) is 22.9 Å². The predicted molar refractivity (Wildman–Crippen MR) is 211 cm³/mol. The van der Waals surface area contributed by atoms with Gasteiger partial charge in [-0.2, -0.15) is 0 Å². The molecule has 2 aromatic heterocycles. The quantitative estimate of drug-likeness (QED) is 0.150. The Morgan fingerprint density at radius 2 is 0.885 bits per heavy atom. The Morgan fingerprint density at radius 3 is 1.35 bits per heavy atom. The molecule has 0 radical (unpaired) electrons. The van der Waals surface area contributed by atoms with Crippen LogP contribution in [-0.2, 0) is 0 Å². The second kappa shape index (κ2) is 8.96. The van der Waals surface area contributed by atoms with Gasteiger partial charge < -0.3 is 18.6 Å². The number of hydrogen-bond donors (Lipinski definition) is 0. The van der Waals surface area contributed by atoms with Crippen molar-refractivity contribution in [3.05, 3.63) is 144 Å². The van der Waals surface area contributed by atoms with E-state index >= 15 is 8.78 Å². The maximum absolute atomic E-state index is 15.4. The predicted octanol–water partition coefficient (Wildman–Crippen LogP) is 9.55. The van der Waals surface area contributed by atoms with Gasteiger partial charge in [0.1, 0.15) is 11.6 Å². The Morgan fingerprint density at radius 1 is 0.423 bits per heavy atom. The number of anilines is 4. The highest BCUT2D eigenvalue weighted by atomic mass is 19.1. The van der Waals surface area contributed by atoms with Crippen LogP contribution in [0, 0.1) is 25.5 Å². The third-order valence-electron chi connectivity index (χ3n) is 12.2. The maximum Gasteiger partial charge on any atom is 0.421 e. The van der Waals surface area contributed by atoms with Crippen LogP contribution in [0.2, 0.25) is 0 Å². The Kier molecular flexibility index (Phi) is 4.73. The van der Waals surface area contributed by atoms with E-state index in [1.807, 2.05) is 12.1 Å². The standard InChI is InChI=1S/C44H26B2F2N4/c1-23-9-13-39-31(17-23)27-5-3-7-41-43(27)51(39)45-35-21-30-34-20-26(48)12-16-38(34)50-42-8-4-6-28-32-18-24(2)10-14-40(32)52(44(28)42)46(50)36(30)22-29(35)33-19-25(47)11-15-37(33)49(41)45/h3-22H,1-2H3. The van der Waals surface area contributed by atoms with E-state index in [4.69, 9.17) is 0 Å². The molecule has 4 nitrogen and oxygen atoms in total. The fourth-order valence-corrected chi connectivity index (χ4v) is 10.3. The van der Waals surface area contributed by atoms with Gasteiger partial charge in [0.15, 0.2) is 0 Å². The molecule has 242 valence electrons. The first-order valence-corrected chi connectivity index (χ1v) is 17.9. The first kappa shape index (κ1) is 27.5. The number of nitrogens with zero attached hydrogens (tertiary/aromatic N) is 4. The molecule has 4 aliphatic rings. The van der Waals surface area contributed by atoms with Gasteiger partial charge >= 0.3 is 14.0 Å². The van der Waals surface area contributed by atoms with Crippen LogP contribution in [0.3, 0.4) is 0 Å². The molecule has 0 amide bonds. The molecule has 0 N–H and O–H groups in total. The molecule has 0 bridgehead atoms. The van der Waals surface area contributed by atoms with E-state index < -0.39 is 0 Å². The van der Waals surface area contributed by atoms with Crippen LogP contribution in [0.1, 0.15) is 11.1 Å². The zero-order valence-electron chi connectivity index (χ0n) is 28.2. The summed E-state index contributed by atoms with van der Waals surface area (Å²) in [5, 5.41) is 4.87. The third-order valence-corrected chi connectivity index (χ3v) is 12.2. The first-order chi connectivity index (χ1) is 25.4. The Hall–Kier alpha value is -6.27. The minimum Gasteiger partial charge on any atom is -0.359 e. The topological polar surface area (TPSA) is 16.3 Å². The van der Waals surface area contributed by atoms with Gasteiger partial charge in [-0.05, 0) is 109 Å². The Labute approximate surface area is 298 Å². The van der Waals surface area contributed by atoms with Crippen molar-refractivity contribution in [3.8, 4) is 22.3 Å². The van der Waals surface area contributed by atoms with Gasteiger partial charge in [-0.25, -0.2) is 8.78 Å². The lowest BCUT2D eigenvalue weighted by Gasteiger charge is -2.38. The number of fused-ring (bicyclic) bond motifs is 22. The zero-order valence-corrected chi connectivity index (χ0v) is 28.2. The number of aryl methyl sites for hydroxylation is 2. The largest absolute Gasteiger partial charge is 0.421 e. The second-order valence-electron chi connectivity index (χ2n) is 15.0. The average molecular weight is 670 g/mol. The van der Waals surface area contributed by atoms with E-state index in [9.17, 15) is 0 Å². The highest BCUT2D eigenvalue weighted by Gasteiger charge is 2.49. The summed E-state index contributed by atoms with van der Waals surface area (Å²) in [4.78, 5) is 4.76. The van der Waals surface area contributed by atoms with E-state index in [1.165, 1.54) is 43.7 Å². The van der Waals surface area contributed by atoms with Crippen molar-refractivity contribution in [3.63, 3.8) is 0 Å². The van der Waals surface area contributed by atoms with Crippen molar-refractivity contribution in [2.75, 3.05) is 9.62 Å². The smallest absolute Gasteiger partial charge is 0.359 e. The SMILES string of the molecule is Cc1ccc2c(c1)c1cccc3c1n2B1c2cc4c(cc2-c2cc(F)ccc2N13)B1N(c2ccc(F)cc2-4)c2cccc3c4cc(C)ccc4n1c23. The Balaban J connectivity index is 1.17. The molecule has 0 saturated heterocycles. The van der Waals surface area contributed by atoms with E-state index in [0.717, 1.165) is 67.0 Å². The van der Waals surface area contributed by atoms with Crippen LogP contribution in [0.15, 0.2) is 121 Å². The van der Waals surface area contributed by atoms with Crippen molar-refractivity contribution >= 4 is 91.3 Å². The van der Waals surface area contributed by atoms with Gasteiger partial charge in [-0.15, -0.1) is 0 Å². The summed E-state index contributed by atoms with van der Waals surface area (Å²) in [6.45, 7) is 3.86. The fourth-order valence-electron chi connectivity index (χ4n) is 10.3. The lowest BCUT2D eigenvalue weighted by atomic mass is 9.54. The fraction of sp³-hybridized carbons (Fsp3) is 0.0455. The zero-order chi connectivity index (χ0) is 34.3. The van der Waals surface area contributed by atoms with Crippen LogP contribution >= 0.6 is 0 Å². The van der Waals surface area contributed by atoms with Crippen molar-refractivity contribution in [1.82, 2.24) is 8.96 Å². The lowest BCUT2D eigenvalue weighted by molar-refractivity contribution is 0.628. The summed E-state index contributed by atoms with van der Waals surface area (Å²) in [5.74, 6) is -0.538. The molecule has 4 aliphatic heterocycles. The summed E-state index contributed by atoms with van der Waals surface area (Å²) in [5.41, 5.74) is 17.2. The van der Waals surface area contributed by atoms with Gasteiger partial charge in [0, 0.05) is 55.1 Å². The van der Waals surface area contributed by atoms with E-state index in [2.05, 4.69) is 117 Å². The summed E-state index contributed by atoms with van der Waals surface area (Å²) in [6, 6.07) is 41.4.